The minimum Gasteiger partial charge on any atom is -0.243 e. The molecule has 1 aromatic heterocycles. The quantitative estimate of drug-likeness (QED) is 0.660. The standard InChI is InChI=1S/C7H2BrClFNS/c8-5-4(10)1-3(9)7-6(5)11-2-12-7/h1-2H. The Labute approximate surface area is 85.3 Å². The normalized spacial score (nSPS) is 10.9. The largest absolute Gasteiger partial charge is 0.243 e. The van der Waals surface area contributed by atoms with Crippen molar-refractivity contribution in [1.82, 2.24) is 4.98 Å². The smallest absolute Gasteiger partial charge is 0.141 e. The molecule has 5 heteroatoms. The van der Waals surface area contributed by atoms with Crippen LogP contribution in [0.25, 0.3) is 10.2 Å². The highest BCUT2D eigenvalue weighted by Gasteiger charge is 2.10. The molecular formula is C7H2BrClFNS. The van der Waals surface area contributed by atoms with Crippen LogP contribution in [0, 0.1) is 5.82 Å². The maximum atomic E-state index is 13.0. The topological polar surface area (TPSA) is 12.9 Å². The van der Waals surface area contributed by atoms with Crippen molar-refractivity contribution in [2.45, 2.75) is 0 Å². The Bertz CT molecular complexity index is 442. The van der Waals surface area contributed by atoms with Crippen molar-refractivity contribution in [2.24, 2.45) is 0 Å². The van der Waals surface area contributed by atoms with Gasteiger partial charge in [-0.15, -0.1) is 11.3 Å². The number of halogens is 3. The average molecular weight is 267 g/mol. The van der Waals surface area contributed by atoms with Crippen molar-refractivity contribution in [3.8, 4) is 0 Å². The van der Waals surface area contributed by atoms with Gasteiger partial charge in [0, 0.05) is 0 Å². The first-order valence-electron chi connectivity index (χ1n) is 3.07. The maximum Gasteiger partial charge on any atom is 0.141 e. The van der Waals surface area contributed by atoms with Crippen LogP contribution in [0.4, 0.5) is 4.39 Å². The molecule has 2 aromatic rings. The van der Waals surface area contributed by atoms with Crippen molar-refractivity contribution in [2.75, 3.05) is 0 Å². The van der Waals surface area contributed by atoms with Gasteiger partial charge in [-0.25, -0.2) is 9.37 Å². The van der Waals surface area contributed by atoms with Gasteiger partial charge in [0.15, 0.2) is 0 Å². The van der Waals surface area contributed by atoms with Crippen molar-refractivity contribution in [3.63, 3.8) is 0 Å². The first-order valence-corrected chi connectivity index (χ1v) is 5.12. The van der Waals surface area contributed by atoms with Gasteiger partial charge in [0.1, 0.15) is 5.82 Å². The summed E-state index contributed by atoms with van der Waals surface area (Å²) in [5.74, 6) is -0.376. The maximum absolute atomic E-state index is 13.0. The second kappa shape index (κ2) is 2.94. The number of fused-ring (bicyclic) bond motifs is 1. The Balaban J connectivity index is 2.97. The molecule has 0 aliphatic carbocycles. The summed E-state index contributed by atoms with van der Waals surface area (Å²) in [6.07, 6.45) is 0. The van der Waals surface area contributed by atoms with Gasteiger partial charge < -0.3 is 0 Å². The zero-order valence-corrected chi connectivity index (χ0v) is 8.80. The number of thiazole rings is 1. The van der Waals surface area contributed by atoms with Gasteiger partial charge in [-0.2, -0.15) is 0 Å². The molecule has 12 heavy (non-hydrogen) atoms. The Morgan fingerprint density at radius 1 is 1.58 bits per heavy atom. The van der Waals surface area contributed by atoms with E-state index in [-0.39, 0.29) is 5.82 Å². The molecule has 1 aromatic carbocycles. The zero-order chi connectivity index (χ0) is 8.72. The van der Waals surface area contributed by atoms with Gasteiger partial charge >= 0.3 is 0 Å². The highest BCUT2D eigenvalue weighted by molar-refractivity contribution is 9.10. The Kier molecular flexibility index (Phi) is 2.06. The number of nitrogens with zero attached hydrogens (tertiary/aromatic N) is 1. The van der Waals surface area contributed by atoms with Gasteiger partial charge in [0.25, 0.3) is 0 Å². The number of hydrogen-bond donors (Lipinski definition) is 0. The lowest BCUT2D eigenvalue weighted by Gasteiger charge is -1.96. The number of benzene rings is 1. The minimum atomic E-state index is -0.376. The van der Waals surface area contributed by atoms with E-state index in [0.29, 0.717) is 15.0 Å². The zero-order valence-electron chi connectivity index (χ0n) is 5.64. The summed E-state index contributed by atoms with van der Waals surface area (Å²) >= 11 is 10.3. The van der Waals surface area contributed by atoms with Crippen molar-refractivity contribution in [1.29, 1.82) is 0 Å². The molecule has 0 N–H and O–H groups in total. The molecule has 0 amide bonds. The van der Waals surface area contributed by atoms with Gasteiger partial charge in [0.05, 0.1) is 25.2 Å². The van der Waals surface area contributed by atoms with E-state index in [2.05, 4.69) is 20.9 Å². The molecule has 62 valence electrons. The van der Waals surface area contributed by atoms with E-state index in [0.717, 1.165) is 4.70 Å². The van der Waals surface area contributed by atoms with Gasteiger partial charge in [-0.1, -0.05) is 11.6 Å². The van der Waals surface area contributed by atoms with Crippen LogP contribution in [-0.2, 0) is 0 Å². The summed E-state index contributed by atoms with van der Waals surface area (Å²) in [5.41, 5.74) is 2.23. The van der Waals surface area contributed by atoms with E-state index >= 15 is 0 Å². The van der Waals surface area contributed by atoms with E-state index in [1.807, 2.05) is 0 Å². The third kappa shape index (κ3) is 1.14. The van der Waals surface area contributed by atoms with E-state index < -0.39 is 0 Å². The minimum absolute atomic E-state index is 0.376. The van der Waals surface area contributed by atoms with Crippen LogP contribution < -0.4 is 0 Å². The predicted octanol–water partition coefficient (Wildman–Crippen LogP) is 3.85. The molecule has 0 aliphatic heterocycles. The first kappa shape index (κ1) is 8.41. The summed E-state index contributed by atoms with van der Waals surface area (Å²) in [6, 6.07) is 1.28. The lowest BCUT2D eigenvalue weighted by atomic mass is 10.3. The lowest BCUT2D eigenvalue weighted by Crippen LogP contribution is -1.79. The van der Waals surface area contributed by atoms with Crippen LogP contribution in [0.3, 0.4) is 0 Å². The van der Waals surface area contributed by atoms with Gasteiger partial charge in [-0.3, -0.25) is 0 Å². The second-order valence-corrected chi connectivity index (χ2v) is 4.24. The highest BCUT2D eigenvalue weighted by atomic mass is 79.9. The number of hydrogen-bond acceptors (Lipinski definition) is 2. The van der Waals surface area contributed by atoms with Crippen molar-refractivity contribution >= 4 is 49.1 Å². The molecular weight excluding hydrogens is 265 g/mol. The van der Waals surface area contributed by atoms with E-state index in [1.165, 1.54) is 17.4 Å². The molecule has 0 aliphatic rings. The third-order valence-electron chi connectivity index (χ3n) is 1.46. The Morgan fingerprint density at radius 2 is 2.33 bits per heavy atom. The third-order valence-corrected chi connectivity index (χ3v) is 3.48. The number of rotatable bonds is 0. The van der Waals surface area contributed by atoms with Crippen LogP contribution in [-0.4, -0.2) is 4.98 Å². The lowest BCUT2D eigenvalue weighted by molar-refractivity contribution is 0.623. The molecule has 1 heterocycles. The number of aromatic nitrogens is 1. The Morgan fingerprint density at radius 3 is 3.08 bits per heavy atom. The molecule has 2 rings (SSSR count). The molecule has 0 fully saturated rings. The molecule has 1 nitrogen and oxygen atoms in total. The van der Waals surface area contributed by atoms with Gasteiger partial charge in [-0.05, 0) is 22.0 Å². The molecule has 0 saturated heterocycles. The highest BCUT2D eigenvalue weighted by Crippen LogP contribution is 2.33. The molecule has 0 saturated carbocycles. The fourth-order valence-corrected chi connectivity index (χ4v) is 2.49. The average Bonchev–Trinajstić information content (AvgIpc) is 2.48. The van der Waals surface area contributed by atoms with Crippen LogP contribution in [0.5, 0.6) is 0 Å². The Hall–Kier alpha value is -0.190. The molecule has 0 atom stereocenters. The van der Waals surface area contributed by atoms with Crippen LogP contribution in [0.1, 0.15) is 0 Å². The van der Waals surface area contributed by atoms with Crippen LogP contribution in [0.15, 0.2) is 16.0 Å². The summed E-state index contributed by atoms with van der Waals surface area (Å²) in [6.45, 7) is 0. The van der Waals surface area contributed by atoms with Crippen molar-refractivity contribution in [3.05, 3.63) is 26.9 Å². The van der Waals surface area contributed by atoms with E-state index in [4.69, 9.17) is 11.6 Å². The molecule has 0 unspecified atom stereocenters. The fraction of sp³-hybridized carbons (Fsp3) is 0. The van der Waals surface area contributed by atoms with Crippen molar-refractivity contribution < 1.29 is 4.39 Å². The first-order chi connectivity index (χ1) is 5.70. The SMILES string of the molecule is Fc1cc(Cl)c2scnc2c1Br. The van der Waals surface area contributed by atoms with E-state index in [1.54, 1.807) is 5.51 Å². The van der Waals surface area contributed by atoms with Gasteiger partial charge in [0.2, 0.25) is 0 Å². The summed E-state index contributed by atoms with van der Waals surface area (Å²) in [4.78, 5) is 3.99. The summed E-state index contributed by atoms with van der Waals surface area (Å²) in [7, 11) is 0. The predicted molar refractivity (Wildman–Crippen MR) is 52.3 cm³/mol. The molecule has 0 radical (unpaired) electrons. The fourth-order valence-electron chi connectivity index (χ4n) is 0.925. The van der Waals surface area contributed by atoms with E-state index in [9.17, 15) is 4.39 Å². The second-order valence-electron chi connectivity index (χ2n) is 2.18. The summed E-state index contributed by atoms with van der Waals surface area (Å²) in [5, 5.41) is 0.410. The molecule has 0 bridgehead atoms. The monoisotopic (exact) mass is 265 g/mol. The van der Waals surface area contributed by atoms with Crippen LogP contribution >= 0.6 is 38.9 Å². The molecule has 0 spiro atoms. The summed E-state index contributed by atoms with van der Waals surface area (Å²) < 4.78 is 14.2. The van der Waals surface area contributed by atoms with Crippen LogP contribution in [0.2, 0.25) is 5.02 Å².